The number of nitrogens with one attached hydrogen (secondary N) is 1. The molecule has 0 bridgehead atoms. The first kappa shape index (κ1) is 14.9. The Labute approximate surface area is 131 Å². The molecule has 22 heavy (non-hydrogen) atoms. The molecule has 0 radical (unpaired) electrons. The van der Waals surface area contributed by atoms with E-state index in [4.69, 9.17) is 0 Å². The average molecular weight is 335 g/mol. The van der Waals surface area contributed by atoms with Gasteiger partial charge in [-0.2, -0.15) is 5.10 Å². The minimum absolute atomic E-state index is 0.00447. The van der Waals surface area contributed by atoms with Crippen LogP contribution in [0.4, 0.5) is 0 Å². The van der Waals surface area contributed by atoms with Crippen LogP contribution in [0.2, 0.25) is 0 Å². The number of rotatable bonds is 3. The second-order valence-corrected chi connectivity index (χ2v) is 7.98. The number of sulfone groups is 1. The molecule has 114 valence electrons. The van der Waals surface area contributed by atoms with Crippen molar-refractivity contribution in [2.75, 3.05) is 0 Å². The highest BCUT2D eigenvalue weighted by Crippen LogP contribution is 2.24. The van der Waals surface area contributed by atoms with Crippen molar-refractivity contribution < 1.29 is 13.2 Å². The maximum Gasteiger partial charge on any atom is 0.240 e. The Balaban J connectivity index is 1.93. The van der Waals surface area contributed by atoms with Gasteiger partial charge in [-0.15, -0.1) is 11.3 Å². The molecule has 6 nitrogen and oxygen atoms in total. The van der Waals surface area contributed by atoms with Crippen LogP contribution >= 0.6 is 11.3 Å². The Morgan fingerprint density at radius 1 is 1.27 bits per heavy atom. The molecule has 2 aromatic rings. The molecule has 0 spiro atoms. The summed E-state index contributed by atoms with van der Waals surface area (Å²) in [5.41, 5.74) is 4.00. The molecule has 1 aromatic carbocycles. The lowest BCUT2D eigenvalue weighted by Gasteiger charge is -2.19. The van der Waals surface area contributed by atoms with Crippen LogP contribution in [0.5, 0.6) is 0 Å². The lowest BCUT2D eigenvalue weighted by molar-refractivity contribution is -0.121. The van der Waals surface area contributed by atoms with Crippen LogP contribution in [0.25, 0.3) is 0 Å². The van der Waals surface area contributed by atoms with Gasteiger partial charge in [0.25, 0.3) is 0 Å². The lowest BCUT2D eigenvalue weighted by atomic mass is 9.94. The fraction of sp³-hybridized carbons (Fsp3) is 0.214. The van der Waals surface area contributed by atoms with Gasteiger partial charge < -0.3 is 0 Å². The third-order valence-electron chi connectivity index (χ3n) is 3.36. The molecule has 1 aliphatic heterocycles. The molecule has 0 aliphatic carbocycles. The van der Waals surface area contributed by atoms with Gasteiger partial charge in [-0.3, -0.25) is 4.79 Å². The first-order valence-electron chi connectivity index (χ1n) is 6.60. The molecule has 0 fully saturated rings. The Morgan fingerprint density at radius 3 is 2.59 bits per heavy atom. The van der Waals surface area contributed by atoms with E-state index in [0.717, 1.165) is 22.6 Å². The molecular weight excluding hydrogens is 322 g/mol. The minimum atomic E-state index is -3.57. The first-order chi connectivity index (χ1) is 10.5. The number of hydrogen-bond acceptors (Lipinski definition) is 6. The van der Waals surface area contributed by atoms with E-state index >= 15 is 0 Å². The van der Waals surface area contributed by atoms with Crippen LogP contribution in [-0.2, 0) is 14.6 Å². The Morgan fingerprint density at radius 2 is 2.00 bits per heavy atom. The van der Waals surface area contributed by atoms with Gasteiger partial charge >= 0.3 is 0 Å². The zero-order valence-electron chi connectivity index (χ0n) is 11.7. The van der Waals surface area contributed by atoms with E-state index in [1.165, 1.54) is 18.3 Å². The predicted octanol–water partition coefficient (Wildman–Crippen LogP) is 1.84. The first-order valence-corrected chi connectivity index (χ1v) is 8.96. The second-order valence-electron chi connectivity index (χ2n) is 4.96. The lowest BCUT2D eigenvalue weighted by Crippen LogP contribution is -2.31. The molecular formula is C14H13N3O3S2. The number of thiazole rings is 1. The summed E-state index contributed by atoms with van der Waals surface area (Å²) in [5.74, 6) is -0.116. The highest BCUT2D eigenvalue weighted by atomic mass is 32.2. The molecule has 0 saturated carbocycles. The fourth-order valence-electron chi connectivity index (χ4n) is 2.25. The maximum absolute atomic E-state index is 12.4. The third-order valence-corrected chi connectivity index (χ3v) is 6.33. The van der Waals surface area contributed by atoms with E-state index < -0.39 is 9.84 Å². The standard InChI is InChI=1S/C14H13N3O3S2/c1-9-8-12(18)16-17-13(9)10-2-4-11(5-3-10)22(19,20)14-15-6-7-21-14/h2-7,9H,8H2,1H3,(H,16,18). The largest absolute Gasteiger partial charge is 0.273 e. The number of carbonyl (C=O) groups excluding carboxylic acids is 1. The molecule has 1 amide bonds. The van der Waals surface area contributed by atoms with Crippen molar-refractivity contribution in [2.24, 2.45) is 11.0 Å². The molecule has 0 saturated heterocycles. The number of hydrogen-bond donors (Lipinski definition) is 1. The summed E-state index contributed by atoms with van der Waals surface area (Å²) in [7, 11) is -3.57. The summed E-state index contributed by atoms with van der Waals surface area (Å²) < 4.78 is 24.8. The van der Waals surface area contributed by atoms with E-state index in [0.29, 0.717) is 6.42 Å². The number of benzene rings is 1. The molecule has 2 heterocycles. The summed E-state index contributed by atoms with van der Waals surface area (Å²) in [5, 5.41) is 5.69. The van der Waals surface area contributed by atoms with Crippen LogP contribution in [0, 0.1) is 5.92 Å². The highest BCUT2D eigenvalue weighted by Gasteiger charge is 2.23. The predicted molar refractivity (Wildman–Crippen MR) is 82.5 cm³/mol. The van der Waals surface area contributed by atoms with Crippen molar-refractivity contribution in [3.05, 3.63) is 41.4 Å². The van der Waals surface area contributed by atoms with Crippen LogP contribution in [0.3, 0.4) is 0 Å². The second kappa shape index (κ2) is 5.62. The number of nitrogens with zero attached hydrogens (tertiary/aromatic N) is 2. The minimum Gasteiger partial charge on any atom is -0.273 e. The van der Waals surface area contributed by atoms with Crippen molar-refractivity contribution in [3.63, 3.8) is 0 Å². The van der Waals surface area contributed by atoms with Crippen molar-refractivity contribution in [3.8, 4) is 0 Å². The summed E-state index contributed by atoms with van der Waals surface area (Å²) in [6.07, 6.45) is 1.84. The molecule has 3 rings (SSSR count). The zero-order chi connectivity index (χ0) is 15.7. The van der Waals surface area contributed by atoms with Gasteiger partial charge in [0.05, 0.1) is 10.6 Å². The summed E-state index contributed by atoms with van der Waals surface area (Å²) in [6, 6.07) is 6.48. The van der Waals surface area contributed by atoms with Gasteiger partial charge in [0.2, 0.25) is 20.1 Å². The van der Waals surface area contributed by atoms with Gasteiger partial charge in [0.1, 0.15) is 0 Å². The van der Waals surface area contributed by atoms with Crippen LogP contribution in [0.15, 0.2) is 50.2 Å². The molecule has 1 atom stereocenters. The number of carbonyl (C=O) groups is 1. The van der Waals surface area contributed by atoms with Gasteiger partial charge in [0.15, 0.2) is 0 Å². The van der Waals surface area contributed by atoms with Crippen molar-refractivity contribution in [1.29, 1.82) is 0 Å². The van der Waals surface area contributed by atoms with E-state index in [1.807, 2.05) is 6.92 Å². The quantitative estimate of drug-likeness (QED) is 0.927. The average Bonchev–Trinajstić information content (AvgIpc) is 3.02. The SMILES string of the molecule is CC1CC(=O)NN=C1c1ccc(S(=O)(=O)c2nccs2)cc1. The summed E-state index contributed by atoms with van der Waals surface area (Å²) >= 11 is 1.09. The van der Waals surface area contributed by atoms with Gasteiger partial charge in [0, 0.05) is 23.9 Å². The highest BCUT2D eigenvalue weighted by molar-refractivity contribution is 7.93. The van der Waals surface area contributed by atoms with Crippen molar-refractivity contribution >= 4 is 32.8 Å². The van der Waals surface area contributed by atoms with Gasteiger partial charge in [-0.25, -0.2) is 18.8 Å². The smallest absolute Gasteiger partial charge is 0.240 e. The number of amides is 1. The third kappa shape index (κ3) is 2.67. The molecule has 1 N–H and O–H groups in total. The Kier molecular flexibility index (Phi) is 3.79. The number of hydrazone groups is 1. The monoisotopic (exact) mass is 335 g/mol. The summed E-state index contributed by atoms with van der Waals surface area (Å²) in [6.45, 7) is 1.91. The van der Waals surface area contributed by atoms with E-state index in [2.05, 4.69) is 15.5 Å². The van der Waals surface area contributed by atoms with Crippen LogP contribution < -0.4 is 5.43 Å². The maximum atomic E-state index is 12.4. The topological polar surface area (TPSA) is 88.5 Å². The van der Waals surface area contributed by atoms with Gasteiger partial charge in [-0.05, 0) is 17.7 Å². The molecule has 1 unspecified atom stereocenters. The van der Waals surface area contributed by atoms with Crippen molar-refractivity contribution in [2.45, 2.75) is 22.6 Å². The molecule has 1 aliphatic rings. The van der Waals surface area contributed by atoms with E-state index in [-0.39, 0.29) is 21.1 Å². The Bertz CT molecular complexity index is 825. The van der Waals surface area contributed by atoms with E-state index in [1.54, 1.807) is 17.5 Å². The van der Waals surface area contributed by atoms with E-state index in [9.17, 15) is 13.2 Å². The normalized spacial score (nSPS) is 18.7. The molecule has 8 heteroatoms. The Hall–Kier alpha value is -2.06. The van der Waals surface area contributed by atoms with Gasteiger partial charge in [-0.1, -0.05) is 19.1 Å². The van der Waals surface area contributed by atoms with Crippen LogP contribution in [-0.4, -0.2) is 25.0 Å². The zero-order valence-corrected chi connectivity index (χ0v) is 13.3. The fourth-order valence-corrected chi connectivity index (χ4v) is 4.47. The van der Waals surface area contributed by atoms with Crippen molar-refractivity contribution in [1.82, 2.24) is 10.4 Å². The summed E-state index contributed by atoms with van der Waals surface area (Å²) in [4.78, 5) is 15.3. The number of aromatic nitrogens is 1. The molecule has 1 aromatic heterocycles. The van der Waals surface area contributed by atoms with Crippen LogP contribution in [0.1, 0.15) is 18.9 Å².